The van der Waals surface area contributed by atoms with E-state index in [1.807, 2.05) is 25.2 Å². The molecule has 0 spiro atoms. The highest BCUT2D eigenvalue weighted by atomic mass is 24.3. The Bertz CT molecular complexity index is 72.5. The molecule has 0 amide bonds. The van der Waals surface area contributed by atoms with Crippen molar-refractivity contribution >= 4 is 23.1 Å². The molecule has 0 saturated carbocycles. The zero-order chi connectivity index (χ0) is 5.54. The molecule has 0 N–H and O–H groups in total. The third kappa shape index (κ3) is 9.53. The van der Waals surface area contributed by atoms with Gasteiger partial charge in [-0.15, -0.1) is 0 Å². The van der Waals surface area contributed by atoms with E-state index < -0.39 is 0 Å². The van der Waals surface area contributed by atoms with Crippen LogP contribution in [0.2, 0.25) is 0 Å². The summed E-state index contributed by atoms with van der Waals surface area (Å²) >= 11 is 0. The predicted molar refractivity (Wildman–Crippen MR) is 41.5 cm³/mol. The summed E-state index contributed by atoms with van der Waals surface area (Å²) in [5.41, 5.74) is 0. The first kappa shape index (κ1) is 11.1. The van der Waals surface area contributed by atoms with Crippen molar-refractivity contribution in [2.75, 3.05) is 0 Å². The molecule has 0 fully saturated rings. The lowest BCUT2D eigenvalue weighted by Gasteiger charge is -1.69. The van der Waals surface area contributed by atoms with Crippen molar-refractivity contribution in [3.63, 3.8) is 0 Å². The number of allylic oxidation sites excluding steroid dienone is 4. The lowest BCUT2D eigenvalue weighted by Crippen LogP contribution is -1.50. The van der Waals surface area contributed by atoms with E-state index in [1.165, 1.54) is 0 Å². The Kier molecular flexibility index (Phi) is 14.2. The molecule has 43 valence electrons. The Morgan fingerprint density at radius 1 is 1.50 bits per heavy atom. The molecular formula is C7H13Mg. The van der Waals surface area contributed by atoms with Gasteiger partial charge in [0.05, 0.1) is 0 Å². The summed E-state index contributed by atoms with van der Waals surface area (Å²) in [5.74, 6) is 0. The van der Waals surface area contributed by atoms with Crippen LogP contribution in [0.25, 0.3) is 0 Å². The van der Waals surface area contributed by atoms with E-state index in [-0.39, 0.29) is 23.1 Å². The molecule has 0 aliphatic rings. The van der Waals surface area contributed by atoms with Gasteiger partial charge in [0, 0.05) is 0 Å². The van der Waals surface area contributed by atoms with Crippen molar-refractivity contribution in [3.8, 4) is 0 Å². The fraction of sp³-hybridized carbons (Fsp3) is 0.429. The van der Waals surface area contributed by atoms with E-state index >= 15 is 0 Å². The summed E-state index contributed by atoms with van der Waals surface area (Å²) in [5, 5.41) is 0. The Balaban J connectivity index is 0. The van der Waals surface area contributed by atoms with Crippen LogP contribution >= 0.6 is 0 Å². The molecule has 0 nitrogen and oxygen atoms in total. The summed E-state index contributed by atoms with van der Waals surface area (Å²) in [4.78, 5) is 0. The van der Waals surface area contributed by atoms with E-state index in [0.717, 1.165) is 6.42 Å². The molecule has 0 rings (SSSR count). The molecule has 0 aromatic rings. The molecule has 1 radical (unpaired) electrons. The average Bonchev–Trinajstić information content (AvgIpc) is 1.69. The maximum absolute atomic E-state index is 2.98. The van der Waals surface area contributed by atoms with Crippen LogP contribution in [0, 0.1) is 6.08 Å². The van der Waals surface area contributed by atoms with Crippen molar-refractivity contribution in [1.29, 1.82) is 0 Å². The van der Waals surface area contributed by atoms with Crippen LogP contribution < -0.4 is 0 Å². The summed E-state index contributed by atoms with van der Waals surface area (Å²) in [7, 11) is 0. The highest BCUT2D eigenvalue weighted by Crippen LogP contribution is 1.77. The largest absolute Gasteiger partial charge is 0.316 e. The van der Waals surface area contributed by atoms with Crippen molar-refractivity contribution < 1.29 is 0 Å². The highest BCUT2D eigenvalue weighted by Gasteiger charge is 1.59. The molecule has 0 bridgehead atoms. The molecule has 1 heteroatoms. The molecule has 0 aliphatic carbocycles. The zero-order valence-electron chi connectivity index (χ0n) is 4.94. The zero-order valence-corrected chi connectivity index (χ0v) is 4.94. The van der Waals surface area contributed by atoms with Gasteiger partial charge in [0.15, 0.2) is 0 Å². The fourth-order valence-corrected chi connectivity index (χ4v) is 0.282. The van der Waals surface area contributed by atoms with Crippen molar-refractivity contribution in [1.82, 2.24) is 0 Å². The first-order valence-electron chi connectivity index (χ1n) is 2.60. The molecule has 8 heavy (non-hydrogen) atoms. The molecule has 0 aromatic carbocycles. The van der Waals surface area contributed by atoms with Gasteiger partial charge < -0.3 is 0 Å². The van der Waals surface area contributed by atoms with Gasteiger partial charge in [0.25, 0.3) is 0 Å². The minimum Gasteiger partial charge on any atom is -0.0871 e. The summed E-state index contributed by atoms with van der Waals surface area (Å²) in [6, 6.07) is 0. The minimum absolute atomic E-state index is 0. The van der Waals surface area contributed by atoms with E-state index in [9.17, 15) is 0 Å². The van der Waals surface area contributed by atoms with Crippen LogP contribution in [0.15, 0.2) is 18.2 Å². The second-order valence-electron chi connectivity index (χ2n) is 1.28. The average molecular weight is 121 g/mol. The SMILES string of the molecule is CC=C[C]=CCC.[MgH2]. The van der Waals surface area contributed by atoms with Crippen molar-refractivity contribution in [2.24, 2.45) is 0 Å². The van der Waals surface area contributed by atoms with E-state index in [4.69, 9.17) is 0 Å². The fourth-order valence-electron chi connectivity index (χ4n) is 0.282. The number of hydrogen-bond donors (Lipinski definition) is 0. The van der Waals surface area contributed by atoms with Gasteiger partial charge in [-0.25, -0.2) is 0 Å². The van der Waals surface area contributed by atoms with Crippen molar-refractivity contribution in [2.45, 2.75) is 20.3 Å². The summed E-state index contributed by atoms with van der Waals surface area (Å²) in [6.07, 6.45) is 9.92. The van der Waals surface area contributed by atoms with Crippen LogP contribution in [0.4, 0.5) is 0 Å². The molecule has 0 aliphatic heterocycles. The quantitative estimate of drug-likeness (QED) is 0.383. The minimum atomic E-state index is 0. The smallest absolute Gasteiger partial charge is 0.0871 e. The van der Waals surface area contributed by atoms with Gasteiger partial charge in [-0.05, 0) is 19.4 Å². The number of hydrogen-bond acceptors (Lipinski definition) is 0. The van der Waals surface area contributed by atoms with Gasteiger partial charge in [0.1, 0.15) is 0 Å². The van der Waals surface area contributed by atoms with Crippen LogP contribution in [0.3, 0.4) is 0 Å². The second kappa shape index (κ2) is 10.3. The van der Waals surface area contributed by atoms with E-state index in [0.29, 0.717) is 0 Å². The first-order chi connectivity index (χ1) is 3.41. The Hall–Kier alpha value is 0.246. The van der Waals surface area contributed by atoms with Gasteiger partial charge in [-0.3, -0.25) is 0 Å². The van der Waals surface area contributed by atoms with Gasteiger partial charge >= 0.3 is 23.1 Å². The van der Waals surface area contributed by atoms with Gasteiger partial charge in [-0.2, -0.15) is 0 Å². The summed E-state index contributed by atoms with van der Waals surface area (Å²) in [6.45, 7) is 4.08. The van der Waals surface area contributed by atoms with E-state index in [1.54, 1.807) is 0 Å². The lowest BCUT2D eigenvalue weighted by atomic mass is 10.4. The number of rotatable bonds is 2. The lowest BCUT2D eigenvalue weighted by molar-refractivity contribution is 1.22. The standard InChI is InChI=1S/C7H11.Mg.2H/c1-3-5-7-6-4-2;;;/h3,5-6H,4H2,1-2H3;;;. The first-order valence-corrected chi connectivity index (χ1v) is 2.60. The molecular weight excluding hydrogens is 108 g/mol. The molecule has 0 saturated heterocycles. The molecule has 0 aromatic heterocycles. The van der Waals surface area contributed by atoms with Crippen LogP contribution in [0.5, 0.6) is 0 Å². The van der Waals surface area contributed by atoms with Crippen LogP contribution in [0.1, 0.15) is 20.3 Å². The Labute approximate surface area is 67.8 Å². The Morgan fingerprint density at radius 3 is 2.50 bits per heavy atom. The van der Waals surface area contributed by atoms with E-state index in [2.05, 4.69) is 13.0 Å². The normalized spacial score (nSPS) is 10.2. The highest BCUT2D eigenvalue weighted by molar-refractivity contribution is 5.75. The predicted octanol–water partition coefficient (Wildman–Crippen LogP) is 1.42. The molecule has 0 atom stereocenters. The van der Waals surface area contributed by atoms with Gasteiger partial charge in [0.2, 0.25) is 0 Å². The topological polar surface area (TPSA) is 0 Å². The second-order valence-corrected chi connectivity index (χ2v) is 1.28. The van der Waals surface area contributed by atoms with Crippen molar-refractivity contribution in [3.05, 3.63) is 24.3 Å². The Morgan fingerprint density at radius 2 is 2.12 bits per heavy atom. The van der Waals surface area contributed by atoms with Gasteiger partial charge in [-0.1, -0.05) is 25.2 Å². The van der Waals surface area contributed by atoms with Crippen LogP contribution in [-0.2, 0) is 0 Å². The maximum atomic E-state index is 2.98. The third-order valence-electron chi connectivity index (χ3n) is 0.585. The third-order valence-corrected chi connectivity index (χ3v) is 0.585. The monoisotopic (exact) mass is 121 g/mol. The molecule has 0 heterocycles. The van der Waals surface area contributed by atoms with Crippen LogP contribution in [-0.4, -0.2) is 23.1 Å². The summed E-state index contributed by atoms with van der Waals surface area (Å²) < 4.78 is 0. The molecule has 0 unspecified atom stereocenters. The maximum Gasteiger partial charge on any atom is 0.316 e.